The lowest BCUT2D eigenvalue weighted by Crippen LogP contribution is -2.12. The molecular weight excluding hydrogens is 311 g/mol. The maximum absolute atomic E-state index is 13.0. The number of hydrogen-bond acceptors (Lipinski definition) is 0. The molecule has 3 heteroatoms. The first-order chi connectivity index (χ1) is 6.32. The normalized spacial score (nSPS) is 14.1. The lowest BCUT2D eigenvalue weighted by atomic mass is 9.88. The highest BCUT2D eigenvalue weighted by atomic mass is 79.9. The number of halogens is 3. The summed E-state index contributed by atoms with van der Waals surface area (Å²) in [5.74, 6) is -0.220. The molecule has 0 aliphatic heterocycles. The van der Waals surface area contributed by atoms with Gasteiger partial charge in [0.05, 0.1) is 4.47 Å². The zero-order valence-corrected chi connectivity index (χ0v) is 11.6. The molecule has 1 atom stereocenters. The van der Waals surface area contributed by atoms with Crippen LogP contribution in [0.2, 0.25) is 0 Å². The molecule has 1 rings (SSSR count). The van der Waals surface area contributed by atoms with E-state index in [0.717, 1.165) is 5.56 Å². The van der Waals surface area contributed by atoms with Gasteiger partial charge in [-0.25, -0.2) is 4.39 Å². The molecule has 0 N–H and O–H groups in total. The van der Waals surface area contributed by atoms with E-state index in [0.29, 0.717) is 4.47 Å². The van der Waals surface area contributed by atoms with Gasteiger partial charge in [0.1, 0.15) is 5.82 Å². The molecule has 1 unspecified atom stereocenters. The first kappa shape index (κ1) is 12.2. The number of alkyl halides is 1. The lowest BCUT2D eigenvalue weighted by Gasteiger charge is -2.26. The van der Waals surface area contributed by atoms with E-state index in [9.17, 15) is 4.39 Å². The average molecular weight is 324 g/mol. The van der Waals surface area contributed by atoms with Gasteiger partial charge in [0, 0.05) is 4.83 Å². The third kappa shape index (κ3) is 2.80. The first-order valence-electron chi connectivity index (χ1n) is 4.41. The molecule has 1 aromatic carbocycles. The fraction of sp³-hybridized carbons (Fsp3) is 0.455. The monoisotopic (exact) mass is 322 g/mol. The van der Waals surface area contributed by atoms with Gasteiger partial charge in [0.15, 0.2) is 0 Å². The van der Waals surface area contributed by atoms with Crippen LogP contribution in [0.3, 0.4) is 0 Å². The van der Waals surface area contributed by atoms with Crippen LogP contribution in [0.1, 0.15) is 31.2 Å². The van der Waals surface area contributed by atoms with Gasteiger partial charge in [0.25, 0.3) is 0 Å². The van der Waals surface area contributed by atoms with Crippen LogP contribution in [0.15, 0.2) is 22.7 Å². The minimum Gasteiger partial charge on any atom is -0.206 e. The summed E-state index contributed by atoms with van der Waals surface area (Å²) in [5, 5.41) is 0. The van der Waals surface area contributed by atoms with Crippen molar-refractivity contribution in [3.8, 4) is 0 Å². The molecule has 0 amide bonds. The van der Waals surface area contributed by atoms with Gasteiger partial charge in [0.2, 0.25) is 0 Å². The van der Waals surface area contributed by atoms with Crippen LogP contribution in [0.5, 0.6) is 0 Å². The van der Waals surface area contributed by atoms with Crippen LogP contribution >= 0.6 is 31.9 Å². The topological polar surface area (TPSA) is 0 Å². The van der Waals surface area contributed by atoms with E-state index in [-0.39, 0.29) is 16.1 Å². The van der Waals surface area contributed by atoms with Crippen molar-refractivity contribution < 1.29 is 4.39 Å². The zero-order valence-electron chi connectivity index (χ0n) is 8.44. The molecule has 0 aromatic heterocycles. The van der Waals surface area contributed by atoms with Crippen LogP contribution in [-0.2, 0) is 0 Å². The zero-order chi connectivity index (χ0) is 10.9. The van der Waals surface area contributed by atoms with Gasteiger partial charge in [-0.3, -0.25) is 0 Å². The van der Waals surface area contributed by atoms with Crippen molar-refractivity contribution in [1.82, 2.24) is 0 Å². The predicted octanol–water partition coefficient (Wildman–Crippen LogP) is 5.07. The maximum atomic E-state index is 13.0. The van der Waals surface area contributed by atoms with E-state index in [1.54, 1.807) is 0 Å². The molecular formula is C11H13Br2F. The van der Waals surface area contributed by atoms with Gasteiger partial charge in [-0.2, -0.15) is 0 Å². The van der Waals surface area contributed by atoms with Crippen LogP contribution in [0.25, 0.3) is 0 Å². The van der Waals surface area contributed by atoms with Crippen molar-refractivity contribution in [2.24, 2.45) is 5.41 Å². The molecule has 78 valence electrons. The Kier molecular flexibility index (Phi) is 3.75. The predicted molar refractivity (Wildman–Crippen MR) is 65.2 cm³/mol. The van der Waals surface area contributed by atoms with Crippen molar-refractivity contribution in [2.45, 2.75) is 25.6 Å². The van der Waals surface area contributed by atoms with Crippen molar-refractivity contribution in [2.75, 3.05) is 0 Å². The van der Waals surface area contributed by atoms with Crippen LogP contribution in [0.4, 0.5) is 4.39 Å². The highest BCUT2D eigenvalue weighted by molar-refractivity contribution is 9.10. The molecule has 0 saturated heterocycles. The number of hydrogen-bond donors (Lipinski definition) is 0. The minimum absolute atomic E-state index is 0.122. The molecule has 0 nitrogen and oxygen atoms in total. The standard InChI is InChI=1S/C11H13Br2F/c1-11(2,3)10(13)7-4-5-9(14)8(12)6-7/h4-6,10H,1-3H3. The van der Waals surface area contributed by atoms with Gasteiger partial charge in [-0.15, -0.1) is 0 Å². The minimum atomic E-state index is -0.220. The van der Waals surface area contributed by atoms with Crippen LogP contribution in [0, 0.1) is 11.2 Å². The van der Waals surface area contributed by atoms with Crippen LogP contribution in [-0.4, -0.2) is 0 Å². The van der Waals surface area contributed by atoms with Crippen molar-refractivity contribution in [3.63, 3.8) is 0 Å². The second-order valence-corrected chi connectivity index (χ2v) is 6.17. The number of rotatable bonds is 1. The van der Waals surface area contributed by atoms with E-state index in [1.165, 1.54) is 6.07 Å². The lowest BCUT2D eigenvalue weighted by molar-refractivity contribution is 0.407. The summed E-state index contributed by atoms with van der Waals surface area (Å²) in [5.41, 5.74) is 1.21. The SMILES string of the molecule is CC(C)(C)C(Br)c1ccc(F)c(Br)c1. The highest BCUT2D eigenvalue weighted by Gasteiger charge is 2.23. The molecule has 0 fully saturated rings. The molecule has 0 bridgehead atoms. The van der Waals surface area contributed by atoms with Crippen molar-refractivity contribution >= 4 is 31.9 Å². The second kappa shape index (κ2) is 4.31. The molecule has 0 radical (unpaired) electrons. The van der Waals surface area contributed by atoms with E-state index in [1.807, 2.05) is 12.1 Å². The Hall–Kier alpha value is 0.110. The maximum Gasteiger partial charge on any atom is 0.137 e. The Morgan fingerprint density at radius 2 is 1.86 bits per heavy atom. The Morgan fingerprint density at radius 1 is 1.29 bits per heavy atom. The summed E-state index contributed by atoms with van der Waals surface area (Å²) in [6, 6.07) is 5.12. The largest absolute Gasteiger partial charge is 0.206 e. The van der Waals surface area contributed by atoms with E-state index < -0.39 is 0 Å². The summed E-state index contributed by atoms with van der Waals surface area (Å²) in [6.45, 7) is 6.43. The smallest absolute Gasteiger partial charge is 0.137 e. The summed E-state index contributed by atoms with van der Waals surface area (Å²) < 4.78 is 13.5. The molecule has 0 spiro atoms. The fourth-order valence-electron chi connectivity index (χ4n) is 1.17. The summed E-state index contributed by atoms with van der Waals surface area (Å²) in [7, 11) is 0. The molecule has 1 aromatic rings. The summed E-state index contributed by atoms with van der Waals surface area (Å²) >= 11 is 6.81. The summed E-state index contributed by atoms with van der Waals surface area (Å²) in [6.07, 6.45) is 0. The quantitative estimate of drug-likeness (QED) is 0.633. The highest BCUT2D eigenvalue weighted by Crippen LogP contribution is 2.40. The third-order valence-corrected chi connectivity index (χ3v) is 4.51. The van der Waals surface area contributed by atoms with Gasteiger partial charge in [-0.05, 0) is 39.0 Å². The van der Waals surface area contributed by atoms with Crippen molar-refractivity contribution in [1.29, 1.82) is 0 Å². The average Bonchev–Trinajstić information content (AvgIpc) is 2.07. The molecule has 14 heavy (non-hydrogen) atoms. The number of benzene rings is 1. The second-order valence-electron chi connectivity index (χ2n) is 4.40. The van der Waals surface area contributed by atoms with E-state index in [2.05, 4.69) is 52.6 Å². The fourth-order valence-corrected chi connectivity index (χ4v) is 1.85. The molecule has 0 aliphatic rings. The Labute approximate surface area is 101 Å². The van der Waals surface area contributed by atoms with E-state index in [4.69, 9.17) is 0 Å². The summed E-state index contributed by atoms with van der Waals surface area (Å²) in [4.78, 5) is 0.229. The Morgan fingerprint density at radius 3 is 2.29 bits per heavy atom. The van der Waals surface area contributed by atoms with E-state index >= 15 is 0 Å². The molecule has 0 saturated carbocycles. The van der Waals surface area contributed by atoms with Gasteiger partial charge < -0.3 is 0 Å². The Balaban J connectivity index is 3.03. The molecule has 0 heterocycles. The Bertz CT molecular complexity index is 329. The van der Waals surface area contributed by atoms with Crippen molar-refractivity contribution in [3.05, 3.63) is 34.1 Å². The third-order valence-electron chi connectivity index (χ3n) is 2.00. The van der Waals surface area contributed by atoms with Crippen LogP contribution < -0.4 is 0 Å². The van der Waals surface area contributed by atoms with Gasteiger partial charge in [-0.1, -0.05) is 42.8 Å². The molecule has 0 aliphatic carbocycles. The van der Waals surface area contributed by atoms with Gasteiger partial charge >= 0.3 is 0 Å². The first-order valence-corrected chi connectivity index (χ1v) is 6.12.